The number of aliphatic hydroxyl groups excluding tert-OH is 1. The number of rotatable bonds is 7. The number of aliphatic hydroxyl groups is 1. The number of imide groups is 1. The van der Waals surface area contributed by atoms with Crippen molar-refractivity contribution in [2.45, 2.75) is 6.54 Å². The van der Waals surface area contributed by atoms with Gasteiger partial charge >= 0.3 is 0 Å². The number of hydrogen-bond acceptors (Lipinski definition) is 4. The molecule has 7 nitrogen and oxygen atoms in total. The first-order valence-corrected chi connectivity index (χ1v) is 10.1. The minimum atomic E-state index is -0.398. The van der Waals surface area contributed by atoms with Crippen LogP contribution in [0.15, 0.2) is 60.9 Å². The molecule has 4 aromatic rings. The number of aromatic amines is 1. The van der Waals surface area contributed by atoms with Crippen LogP contribution in [0, 0.1) is 0 Å². The molecule has 3 N–H and O–H groups in total. The minimum Gasteiger partial charge on any atom is -0.394 e. The summed E-state index contributed by atoms with van der Waals surface area (Å²) in [6.45, 7) is 1.24. The number of nitrogens with one attached hydrogen (secondary N) is 2. The lowest BCUT2D eigenvalue weighted by Gasteiger charge is -2.05. The van der Waals surface area contributed by atoms with E-state index in [-0.39, 0.29) is 13.2 Å². The van der Waals surface area contributed by atoms with Gasteiger partial charge in [0.1, 0.15) is 0 Å². The molecule has 5 rings (SSSR count). The van der Waals surface area contributed by atoms with Crippen LogP contribution in [0.3, 0.4) is 0 Å². The molecule has 2 aromatic carbocycles. The molecule has 0 radical (unpaired) electrons. The third kappa shape index (κ3) is 3.24. The molecule has 0 atom stereocenters. The lowest BCUT2D eigenvalue weighted by Crippen LogP contribution is -2.22. The molecule has 3 heterocycles. The van der Waals surface area contributed by atoms with E-state index in [4.69, 9.17) is 9.84 Å². The highest BCUT2D eigenvalue weighted by Gasteiger charge is 2.34. The fourth-order valence-corrected chi connectivity index (χ4v) is 4.21. The number of nitrogens with zero attached hydrogens (tertiary/aromatic N) is 1. The minimum absolute atomic E-state index is 0.0270. The number of H-pyrrole nitrogens is 1. The highest BCUT2D eigenvalue weighted by molar-refractivity contribution is 6.50. The molecule has 0 bridgehead atoms. The largest absolute Gasteiger partial charge is 0.394 e. The van der Waals surface area contributed by atoms with Crippen LogP contribution >= 0.6 is 0 Å². The van der Waals surface area contributed by atoms with Crippen molar-refractivity contribution in [1.29, 1.82) is 0 Å². The number of ether oxygens (including phenoxy) is 1. The van der Waals surface area contributed by atoms with Gasteiger partial charge in [-0.2, -0.15) is 0 Å². The molecule has 1 aliphatic rings. The van der Waals surface area contributed by atoms with E-state index in [2.05, 4.69) is 10.3 Å². The van der Waals surface area contributed by atoms with E-state index >= 15 is 0 Å². The van der Waals surface area contributed by atoms with E-state index in [0.29, 0.717) is 35.4 Å². The van der Waals surface area contributed by atoms with E-state index in [9.17, 15) is 9.59 Å². The average Bonchev–Trinajstić information content (AvgIpc) is 3.44. The third-order valence-electron chi connectivity index (χ3n) is 5.56. The Morgan fingerprint density at radius 2 is 1.58 bits per heavy atom. The standard InChI is InChI=1S/C24H21N3O4/c28-10-12-31-11-9-27-14-18(16-6-2-4-8-20(16)27)22-21(23(29)26-24(22)30)17-13-25-19-7-3-1-5-15(17)19/h1-8,13-14,25,28H,9-12H2,(H,26,29,30). The summed E-state index contributed by atoms with van der Waals surface area (Å²) in [5, 5.41) is 13.2. The molecule has 0 spiro atoms. The number of hydrogen-bond donors (Lipinski definition) is 3. The summed E-state index contributed by atoms with van der Waals surface area (Å²) in [7, 11) is 0. The number of carbonyl (C=O) groups is 2. The van der Waals surface area contributed by atoms with Crippen LogP contribution in [0.5, 0.6) is 0 Å². The van der Waals surface area contributed by atoms with Gasteiger partial charge in [-0.3, -0.25) is 14.9 Å². The van der Waals surface area contributed by atoms with Gasteiger partial charge in [0.2, 0.25) is 0 Å². The highest BCUT2D eigenvalue weighted by atomic mass is 16.5. The predicted octanol–water partition coefficient (Wildman–Crippen LogP) is 2.70. The van der Waals surface area contributed by atoms with Crippen molar-refractivity contribution < 1.29 is 19.4 Å². The normalized spacial score (nSPS) is 14.2. The van der Waals surface area contributed by atoms with Crippen molar-refractivity contribution in [3.05, 3.63) is 72.1 Å². The number of aromatic nitrogens is 2. The Morgan fingerprint density at radius 3 is 2.39 bits per heavy atom. The summed E-state index contributed by atoms with van der Waals surface area (Å²) in [6, 6.07) is 15.5. The van der Waals surface area contributed by atoms with Gasteiger partial charge in [-0.1, -0.05) is 36.4 Å². The molecule has 156 valence electrons. The monoisotopic (exact) mass is 415 g/mol. The van der Waals surface area contributed by atoms with Gasteiger partial charge in [-0.15, -0.1) is 0 Å². The van der Waals surface area contributed by atoms with Crippen molar-refractivity contribution in [1.82, 2.24) is 14.9 Å². The van der Waals surface area contributed by atoms with Crippen LogP contribution in [0.1, 0.15) is 11.1 Å². The van der Waals surface area contributed by atoms with Crippen LogP contribution in [0.25, 0.3) is 33.0 Å². The van der Waals surface area contributed by atoms with Crippen molar-refractivity contribution in [2.75, 3.05) is 19.8 Å². The van der Waals surface area contributed by atoms with E-state index < -0.39 is 11.8 Å². The Kier molecular flexibility index (Phi) is 4.89. The SMILES string of the molecule is O=C1NC(=O)C(c2cn(CCOCCO)c3ccccc23)=C1c1c[nH]c2ccccc12. The van der Waals surface area contributed by atoms with Crippen molar-refractivity contribution >= 4 is 44.8 Å². The predicted molar refractivity (Wildman–Crippen MR) is 118 cm³/mol. The summed E-state index contributed by atoms with van der Waals surface area (Å²) in [5.74, 6) is -0.794. The quantitative estimate of drug-likeness (QED) is 0.319. The zero-order valence-corrected chi connectivity index (χ0v) is 16.7. The maximum Gasteiger partial charge on any atom is 0.259 e. The molecule has 0 saturated carbocycles. The lowest BCUT2D eigenvalue weighted by atomic mass is 9.95. The fraction of sp³-hybridized carbons (Fsp3) is 0.167. The van der Waals surface area contributed by atoms with Gasteiger partial charge < -0.3 is 19.4 Å². The molecule has 7 heteroatoms. The molecule has 0 fully saturated rings. The van der Waals surface area contributed by atoms with E-state index in [1.807, 2.05) is 59.3 Å². The molecule has 0 unspecified atom stereocenters. The van der Waals surface area contributed by atoms with Crippen LogP contribution in [0.4, 0.5) is 0 Å². The van der Waals surface area contributed by atoms with Gasteiger partial charge in [0.25, 0.3) is 11.8 Å². The van der Waals surface area contributed by atoms with Crippen molar-refractivity contribution in [2.24, 2.45) is 0 Å². The molecular formula is C24H21N3O4. The van der Waals surface area contributed by atoms with Gasteiger partial charge in [0.05, 0.1) is 31.0 Å². The molecule has 0 saturated heterocycles. The Hall–Kier alpha value is -3.68. The summed E-state index contributed by atoms with van der Waals surface area (Å²) < 4.78 is 7.43. The number of para-hydroxylation sites is 2. The summed E-state index contributed by atoms with van der Waals surface area (Å²) in [4.78, 5) is 28.9. The molecular weight excluding hydrogens is 394 g/mol. The first kappa shape index (κ1) is 19.3. The van der Waals surface area contributed by atoms with Crippen molar-refractivity contribution in [3.63, 3.8) is 0 Å². The summed E-state index contributed by atoms with van der Waals surface area (Å²) in [6.07, 6.45) is 3.68. The average molecular weight is 415 g/mol. The van der Waals surface area contributed by atoms with Crippen LogP contribution in [-0.4, -0.2) is 46.3 Å². The molecule has 0 aliphatic carbocycles. The number of carbonyl (C=O) groups excluding carboxylic acids is 2. The van der Waals surface area contributed by atoms with E-state index in [1.165, 1.54) is 0 Å². The van der Waals surface area contributed by atoms with Crippen LogP contribution < -0.4 is 5.32 Å². The molecule has 2 amide bonds. The Morgan fingerprint density at radius 1 is 0.871 bits per heavy atom. The first-order valence-electron chi connectivity index (χ1n) is 10.1. The molecule has 1 aliphatic heterocycles. The zero-order valence-electron chi connectivity index (χ0n) is 16.7. The third-order valence-corrected chi connectivity index (χ3v) is 5.56. The topological polar surface area (TPSA) is 96.3 Å². The fourth-order valence-electron chi connectivity index (χ4n) is 4.21. The Labute approximate surface area is 177 Å². The van der Waals surface area contributed by atoms with E-state index in [0.717, 1.165) is 21.8 Å². The Bertz CT molecular complexity index is 1350. The second kappa shape index (κ2) is 7.86. The number of amides is 2. The maximum atomic E-state index is 12.9. The Balaban J connectivity index is 1.68. The molecule has 2 aromatic heterocycles. The smallest absolute Gasteiger partial charge is 0.259 e. The summed E-state index contributed by atoms with van der Waals surface area (Å²) >= 11 is 0. The maximum absolute atomic E-state index is 12.9. The summed E-state index contributed by atoms with van der Waals surface area (Å²) in [5.41, 5.74) is 4.02. The first-order chi connectivity index (χ1) is 15.2. The molecule has 31 heavy (non-hydrogen) atoms. The van der Waals surface area contributed by atoms with Crippen LogP contribution in [0.2, 0.25) is 0 Å². The highest BCUT2D eigenvalue weighted by Crippen LogP contribution is 2.38. The lowest BCUT2D eigenvalue weighted by molar-refractivity contribution is -0.122. The van der Waals surface area contributed by atoms with Gasteiger partial charge in [0, 0.05) is 51.9 Å². The second-order valence-electron chi connectivity index (χ2n) is 7.37. The van der Waals surface area contributed by atoms with Gasteiger partial charge in [0.15, 0.2) is 0 Å². The van der Waals surface area contributed by atoms with Crippen molar-refractivity contribution in [3.8, 4) is 0 Å². The van der Waals surface area contributed by atoms with Gasteiger partial charge in [-0.25, -0.2) is 0 Å². The van der Waals surface area contributed by atoms with Gasteiger partial charge in [-0.05, 0) is 12.1 Å². The zero-order chi connectivity index (χ0) is 21.4. The van der Waals surface area contributed by atoms with E-state index in [1.54, 1.807) is 6.20 Å². The second-order valence-corrected chi connectivity index (χ2v) is 7.37. The van der Waals surface area contributed by atoms with Crippen LogP contribution in [-0.2, 0) is 20.9 Å². The number of benzene rings is 2. The number of fused-ring (bicyclic) bond motifs is 2.